The molecule has 5 heteroatoms. The number of ether oxygens (including phenoxy) is 3. The second kappa shape index (κ2) is 13.1. The quantitative estimate of drug-likeness (QED) is 0.308. The summed E-state index contributed by atoms with van der Waals surface area (Å²) >= 11 is 0. The number of hydrogen-bond acceptors (Lipinski definition) is 5. The monoisotopic (exact) mass is 270 g/mol. The van der Waals surface area contributed by atoms with E-state index in [0.29, 0.717) is 25.7 Å². The number of aldehydes is 2. The number of hydrogen-bond donors (Lipinski definition) is 0. The first-order chi connectivity index (χ1) is 9.28. The van der Waals surface area contributed by atoms with E-state index in [2.05, 4.69) is 0 Å². The molecule has 0 saturated heterocycles. The van der Waals surface area contributed by atoms with E-state index in [1.165, 1.54) is 0 Å². The maximum absolute atomic E-state index is 10.1. The smallest absolute Gasteiger partial charge is 0.163 e. The van der Waals surface area contributed by atoms with Crippen LogP contribution in [0, 0.1) is 0 Å². The highest BCUT2D eigenvalue weighted by Crippen LogP contribution is 2.09. The van der Waals surface area contributed by atoms with E-state index >= 15 is 0 Å². The Labute approximate surface area is 114 Å². The Morgan fingerprint density at radius 1 is 0.789 bits per heavy atom. The van der Waals surface area contributed by atoms with Crippen LogP contribution in [0.4, 0.5) is 0 Å². The summed E-state index contributed by atoms with van der Waals surface area (Å²) in [5, 5.41) is 0. The highest BCUT2D eigenvalue weighted by molar-refractivity contribution is 5.52. The van der Waals surface area contributed by atoms with Gasteiger partial charge < -0.3 is 23.8 Å². The van der Waals surface area contributed by atoms with Gasteiger partial charge >= 0.3 is 0 Å². The molecule has 0 aliphatic heterocycles. The fraction of sp³-hybridized carbons (Fsp3) is 0.571. The maximum Gasteiger partial charge on any atom is 0.163 e. The third-order valence-electron chi connectivity index (χ3n) is 2.28. The summed E-state index contributed by atoms with van der Waals surface area (Å²) in [7, 11) is 3.10. The second-order valence-electron chi connectivity index (χ2n) is 3.69. The number of allylic oxidation sites excluding steroid dienone is 2. The molecule has 0 fully saturated rings. The van der Waals surface area contributed by atoms with Crippen LogP contribution in [0.5, 0.6) is 0 Å². The van der Waals surface area contributed by atoms with Gasteiger partial charge in [-0.2, -0.15) is 0 Å². The van der Waals surface area contributed by atoms with Crippen LogP contribution < -0.4 is 0 Å². The van der Waals surface area contributed by atoms with Crippen LogP contribution in [0.3, 0.4) is 0 Å². The minimum absolute atomic E-state index is 0.387. The lowest BCUT2D eigenvalue weighted by Gasteiger charge is -2.21. The van der Waals surface area contributed by atoms with Gasteiger partial charge in [0.05, 0.1) is 0 Å². The van der Waals surface area contributed by atoms with Crippen LogP contribution in [0.1, 0.15) is 25.7 Å². The van der Waals surface area contributed by atoms with Gasteiger partial charge in [0.1, 0.15) is 12.6 Å². The SMILES string of the molecule is COC(CC=CCC=O)OC(CC=CCC=O)OC. The van der Waals surface area contributed by atoms with Crippen molar-refractivity contribution < 1.29 is 23.8 Å². The molecule has 0 radical (unpaired) electrons. The summed E-state index contributed by atoms with van der Waals surface area (Å²) in [5.74, 6) is 0. The van der Waals surface area contributed by atoms with Crippen LogP contribution in [0.25, 0.3) is 0 Å². The first-order valence-electron chi connectivity index (χ1n) is 6.16. The average Bonchev–Trinajstić information content (AvgIpc) is 2.44. The van der Waals surface area contributed by atoms with Crippen LogP contribution in [-0.2, 0) is 23.8 Å². The van der Waals surface area contributed by atoms with Crippen LogP contribution in [-0.4, -0.2) is 39.4 Å². The van der Waals surface area contributed by atoms with Crippen molar-refractivity contribution in [3.05, 3.63) is 24.3 Å². The van der Waals surface area contributed by atoms with Crippen molar-refractivity contribution in [2.24, 2.45) is 0 Å². The third-order valence-corrected chi connectivity index (χ3v) is 2.28. The minimum atomic E-state index is -0.424. The molecule has 0 heterocycles. The van der Waals surface area contributed by atoms with Crippen LogP contribution in [0.2, 0.25) is 0 Å². The van der Waals surface area contributed by atoms with E-state index in [-0.39, 0.29) is 0 Å². The van der Waals surface area contributed by atoms with Gasteiger partial charge in [0.25, 0.3) is 0 Å². The van der Waals surface area contributed by atoms with E-state index in [4.69, 9.17) is 14.2 Å². The molecule has 0 spiro atoms. The molecule has 0 aromatic rings. The summed E-state index contributed by atoms with van der Waals surface area (Å²) in [6.45, 7) is 0. The van der Waals surface area contributed by atoms with Gasteiger partial charge in [0, 0.05) is 39.9 Å². The number of carbonyl (C=O) groups excluding carboxylic acids is 2. The van der Waals surface area contributed by atoms with Crippen LogP contribution >= 0.6 is 0 Å². The van der Waals surface area contributed by atoms with Gasteiger partial charge in [-0.25, -0.2) is 0 Å². The minimum Gasteiger partial charge on any atom is -0.355 e. The zero-order valence-electron chi connectivity index (χ0n) is 11.5. The molecule has 19 heavy (non-hydrogen) atoms. The summed E-state index contributed by atoms with van der Waals surface area (Å²) in [6, 6.07) is 0. The lowest BCUT2D eigenvalue weighted by atomic mass is 10.3. The average molecular weight is 270 g/mol. The van der Waals surface area contributed by atoms with Gasteiger partial charge in [-0.05, 0) is 0 Å². The molecule has 0 aliphatic carbocycles. The Kier molecular flexibility index (Phi) is 12.2. The summed E-state index contributed by atoms with van der Waals surface area (Å²) in [5.41, 5.74) is 0. The summed E-state index contributed by atoms with van der Waals surface area (Å²) < 4.78 is 15.9. The molecule has 2 atom stereocenters. The zero-order chi connectivity index (χ0) is 14.3. The van der Waals surface area contributed by atoms with Crippen molar-refractivity contribution in [1.29, 1.82) is 0 Å². The molecular formula is C14H22O5. The number of methoxy groups -OCH3 is 2. The molecule has 0 N–H and O–H groups in total. The molecule has 0 amide bonds. The molecule has 0 aromatic heterocycles. The van der Waals surface area contributed by atoms with Crippen molar-refractivity contribution in [1.82, 2.24) is 0 Å². The maximum atomic E-state index is 10.1. The van der Waals surface area contributed by atoms with Crippen molar-refractivity contribution in [3.63, 3.8) is 0 Å². The predicted octanol–water partition coefficient (Wildman–Crippen LogP) is 2.02. The molecule has 0 bridgehead atoms. The van der Waals surface area contributed by atoms with Crippen LogP contribution in [0.15, 0.2) is 24.3 Å². The Balaban J connectivity index is 4.08. The van der Waals surface area contributed by atoms with E-state index in [9.17, 15) is 9.59 Å². The van der Waals surface area contributed by atoms with Gasteiger partial charge in [-0.3, -0.25) is 0 Å². The molecule has 0 aliphatic rings. The Hall–Kier alpha value is -1.30. The van der Waals surface area contributed by atoms with Gasteiger partial charge in [-0.15, -0.1) is 0 Å². The standard InChI is InChI=1S/C14H22O5/c1-17-13(9-5-3-7-11-15)19-14(18-2)10-6-4-8-12-16/h3-6,11-14H,7-10H2,1-2H3. The van der Waals surface area contributed by atoms with Crippen molar-refractivity contribution >= 4 is 12.6 Å². The number of rotatable bonds is 12. The number of carbonyl (C=O) groups is 2. The molecule has 2 unspecified atom stereocenters. The van der Waals surface area contributed by atoms with Gasteiger partial charge in [-0.1, -0.05) is 24.3 Å². The van der Waals surface area contributed by atoms with Crippen molar-refractivity contribution in [2.45, 2.75) is 38.3 Å². The summed E-state index contributed by atoms with van der Waals surface area (Å²) in [6.07, 6.45) is 9.85. The van der Waals surface area contributed by atoms with E-state index in [0.717, 1.165) is 12.6 Å². The highest BCUT2D eigenvalue weighted by atomic mass is 16.8. The third kappa shape index (κ3) is 10.3. The van der Waals surface area contributed by atoms with E-state index in [1.807, 2.05) is 12.2 Å². The first-order valence-corrected chi connectivity index (χ1v) is 6.16. The Morgan fingerprint density at radius 2 is 1.21 bits per heavy atom. The Bertz CT molecular complexity index is 258. The molecule has 5 nitrogen and oxygen atoms in total. The molecule has 108 valence electrons. The highest BCUT2D eigenvalue weighted by Gasteiger charge is 2.13. The first kappa shape index (κ1) is 17.7. The summed E-state index contributed by atoms with van der Waals surface area (Å²) in [4.78, 5) is 20.3. The largest absolute Gasteiger partial charge is 0.355 e. The predicted molar refractivity (Wildman–Crippen MR) is 71.6 cm³/mol. The fourth-order valence-electron chi connectivity index (χ4n) is 1.30. The molecular weight excluding hydrogens is 248 g/mol. The second-order valence-corrected chi connectivity index (χ2v) is 3.69. The molecule has 0 rings (SSSR count). The van der Waals surface area contributed by atoms with Crippen molar-refractivity contribution in [2.75, 3.05) is 14.2 Å². The van der Waals surface area contributed by atoms with Gasteiger partial charge in [0.15, 0.2) is 12.6 Å². The molecule has 0 aromatic carbocycles. The lowest BCUT2D eigenvalue weighted by molar-refractivity contribution is -0.225. The normalized spacial score (nSPS) is 14.8. The van der Waals surface area contributed by atoms with E-state index < -0.39 is 12.6 Å². The Morgan fingerprint density at radius 3 is 1.53 bits per heavy atom. The van der Waals surface area contributed by atoms with Crippen molar-refractivity contribution in [3.8, 4) is 0 Å². The lowest BCUT2D eigenvalue weighted by Crippen LogP contribution is -2.24. The topological polar surface area (TPSA) is 61.8 Å². The molecule has 0 saturated carbocycles. The van der Waals surface area contributed by atoms with E-state index in [1.54, 1.807) is 26.4 Å². The van der Waals surface area contributed by atoms with Gasteiger partial charge in [0.2, 0.25) is 0 Å². The zero-order valence-corrected chi connectivity index (χ0v) is 11.5. The fourth-order valence-corrected chi connectivity index (χ4v) is 1.30.